The minimum absolute atomic E-state index is 0.165. The highest BCUT2D eigenvalue weighted by Gasteiger charge is 2.38. The molecular weight excluding hydrogens is 292 g/mol. The Kier molecular flexibility index (Phi) is 3.82. The predicted molar refractivity (Wildman–Crippen MR) is 75.9 cm³/mol. The monoisotopic (exact) mass is 308 g/mol. The molecular formula is C14H17BrN2O. The molecule has 0 aromatic heterocycles. The average molecular weight is 309 g/mol. The molecule has 96 valence electrons. The number of hydrogen-bond donors (Lipinski definition) is 0. The van der Waals surface area contributed by atoms with E-state index in [1.807, 2.05) is 25.2 Å². The Morgan fingerprint density at radius 1 is 1.50 bits per heavy atom. The highest BCUT2D eigenvalue weighted by molar-refractivity contribution is 9.10. The van der Waals surface area contributed by atoms with Crippen molar-refractivity contribution in [3.05, 3.63) is 22.7 Å². The second-order valence-corrected chi connectivity index (χ2v) is 5.83. The summed E-state index contributed by atoms with van der Waals surface area (Å²) in [7, 11) is 3.69. The van der Waals surface area contributed by atoms with Crippen LogP contribution in [0.5, 0.6) is 5.75 Å². The Balaban J connectivity index is 2.20. The summed E-state index contributed by atoms with van der Waals surface area (Å²) in [5.74, 6) is 0.841. The zero-order valence-electron chi connectivity index (χ0n) is 10.7. The number of rotatable bonds is 4. The Morgan fingerprint density at radius 3 is 2.72 bits per heavy atom. The Labute approximate surface area is 116 Å². The molecule has 0 amide bonds. The van der Waals surface area contributed by atoms with Crippen LogP contribution in [0.1, 0.15) is 19.3 Å². The first-order valence-corrected chi connectivity index (χ1v) is 6.85. The highest BCUT2D eigenvalue weighted by Crippen LogP contribution is 2.42. The van der Waals surface area contributed by atoms with Crippen molar-refractivity contribution < 1.29 is 4.74 Å². The van der Waals surface area contributed by atoms with E-state index in [1.165, 1.54) is 0 Å². The second kappa shape index (κ2) is 5.19. The largest absolute Gasteiger partial charge is 0.495 e. The van der Waals surface area contributed by atoms with Crippen molar-refractivity contribution in [2.45, 2.75) is 19.3 Å². The molecule has 0 heterocycles. The molecule has 1 aliphatic rings. The van der Waals surface area contributed by atoms with E-state index in [9.17, 15) is 5.26 Å². The van der Waals surface area contributed by atoms with Gasteiger partial charge in [-0.2, -0.15) is 5.26 Å². The van der Waals surface area contributed by atoms with Crippen molar-refractivity contribution >= 4 is 21.6 Å². The van der Waals surface area contributed by atoms with Crippen LogP contribution in [-0.4, -0.2) is 20.7 Å². The van der Waals surface area contributed by atoms with Crippen molar-refractivity contribution in [3.8, 4) is 11.8 Å². The van der Waals surface area contributed by atoms with Crippen LogP contribution < -0.4 is 9.64 Å². The molecule has 0 N–H and O–H groups in total. The molecule has 1 saturated carbocycles. The van der Waals surface area contributed by atoms with E-state index in [0.29, 0.717) is 0 Å². The van der Waals surface area contributed by atoms with E-state index >= 15 is 0 Å². The van der Waals surface area contributed by atoms with E-state index in [2.05, 4.69) is 26.9 Å². The Morgan fingerprint density at radius 2 is 2.22 bits per heavy atom. The number of benzene rings is 1. The summed E-state index contributed by atoms with van der Waals surface area (Å²) in [6.45, 7) is 0.760. The van der Waals surface area contributed by atoms with Crippen LogP contribution in [0.15, 0.2) is 22.7 Å². The summed E-state index contributed by atoms with van der Waals surface area (Å²) < 4.78 is 6.39. The first-order chi connectivity index (χ1) is 8.60. The normalized spacial score (nSPS) is 16.6. The standard InChI is InChI=1S/C14H17BrN2O/c1-17(10-14(9-16)6-3-7-14)12-8-11(15)4-5-13(12)18-2/h4-5,8H,3,6-7,10H2,1-2H3. The number of anilines is 1. The molecule has 0 bridgehead atoms. The Hall–Kier alpha value is -1.21. The quantitative estimate of drug-likeness (QED) is 0.853. The molecule has 1 aromatic carbocycles. The lowest BCUT2D eigenvalue weighted by Gasteiger charge is -2.39. The molecule has 1 aromatic rings. The number of ether oxygens (including phenoxy) is 1. The lowest BCUT2D eigenvalue weighted by Crippen LogP contribution is -2.39. The number of nitrogens with zero attached hydrogens (tertiary/aromatic N) is 2. The number of nitriles is 1. The van der Waals surface area contributed by atoms with E-state index in [-0.39, 0.29) is 5.41 Å². The fourth-order valence-corrected chi connectivity index (χ4v) is 2.76. The van der Waals surface area contributed by atoms with Gasteiger partial charge >= 0.3 is 0 Å². The first-order valence-electron chi connectivity index (χ1n) is 6.06. The van der Waals surface area contributed by atoms with Gasteiger partial charge in [0.05, 0.1) is 24.3 Å². The van der Waals surface area contributed by atoms with E-state index < -0.39 is 0 Å². The van der Waals surface area contributed by atoms with Crippen LogP contribution in [0.25, 0.3) is 0 Å². The van der Waals surface area contributed by atoms with Gasteiger partial charge in [0.1, 0.15) is 5.75 Å². The smallest absolute Gasteiger partial charge is 0.142 e. The van der Waals surface area contributed by atoms with Gasteiger partial charge in [0.2, 0.25) is 0 Å². The molecule has 0 atom stereocenters. The molecule has 3 nitrogen and oxygen atoms in total. The van der Waals surface area contributed by atoms with Gasteiger partial charge in [0.15, 0.2) is 0 Å². The third kappa shape index (κ3) is 2.46. The van der Waals surface area contributed by atoms with Crippen LogP contribution in [0.2, 0.25) is 0 Å². The maximum atomic E-state index is 9.30. The summed E-state index contributed by atoms with van der Waals surface area (Å²) in [6, 6.07) is 8.40. The third-order valence-electron chi connectivity index (χ3n) is 3.64. The van der Waals surface area contributed by atoms with Crippen LogP contribution in [0, 0.1) is 16.7 Å². The highest BCUT2D eigenvalue weighted by atomic mass is 79.9. The molecule has 0 unspecified atom stereocenters. The van der Waals surface area contributed by atoms with Crippen LogP contribution in [0.3, 0.4) is 0 Å². The fourth-order valence-electron chi connectivity index (χ4n) is 2.41. The molecule has 1 fully saturated rings. The maximum absolute atomic E-state index is 9.30. The van der Waals surface area contributed by atoms with Gasteiger partial charge < -0.3 is 9.64 Å². The molecule has 0 radical (unpaired) electrons. The summed E-state index contributed by atoms with van der Waals surface area (Å²) in [5, 5.41) is 9.30. The van der Waals surface area contributed by atoms with Crippen LogP contribution in [0.4, 0.5) is 5.69 Å². The minimum Gasteiger partial charge on any atom is -0.495 e. The minimum atomic E-state index is -0.165. The van der Waals surface area contributed by atoms with Gasteiger partial charge in [0.25, 0.3) is 0 Å². The molecule has 18 heavy (non-hydrogen) atoms. The van der Waals surface area contributed by atoms with Crippen molar-refractivity contribution in [1.29, 1.82) is 5.26 Å². The lowest BCUT2D eigenvalue weighted by molar-refractivity contribution is 0.222. The topological polar surface area (TPSA) is 36.3 Å². The number of halogens is 1. The summed E-state index contributed by atoms with van der Waals surface area (Å²) in [6.07, 6.45) is 3.17. The number of hydrogen-bond acceptors (Lipinski definition) is 3. The lowest BCUT2D eigenvalue weighted by atomic mass is 9.69. The third-order valence-corrected chi connectivity index (χ3v) is 4.13. The van der Waals surface area contributed by atoms with Gasteiger partial charge in [-0.25, -0.2) is 0 Å². The van der Waals surface area contributed by atoms with Crippen molar-refractivity contribution in [2.75, 3.05) is 25.6 Å². The van der Waals surface area contributed by atoms with Crippen LogP contribution in [-0.2, 0) is 0 Å². The molecule has 0 aliphatic heterocycles. The van der Waals surface area contributed by atoms with Crippen LogP contribution >= 0.6 is 15.9 Å². The van der Waals surface area contributed by atoms with E-state index in [0.717, 1.165) is 41.7 Å². The first kappa shape index (κ1) is 13.2. The van der Waals surface area contributed by atoms with Gasteiger partial charge in [-0.3, -0.25) is 0 Å². The SMILES string of the molecule is COc1ccc(Br)cc1N(C)CC1(C#N)CCC1. The van der Waals surface area contributed by atoms with E-state index in [4.69, 9.17) is 4.74 Å². The van der Waals surface area contributed by atoms with Gasteiger partial charge in [0, 0.05) is 18.1 Å². The maximum Gasteiger partial charge on any atom is 0.142 e. The molecule has 0 saturated heterocycles. The van der Waals surface area contributed by atoms with Gasteiger partial charge in [-0.05, 0) is 31.0 Å². The van der Waals surface area contributed by atoms with Crippen molar-refractivity contribution in [1.82, 2.24) is 0 Å². The fraction of sp³-hybridized carbons (Fsp3) is 0.500. The predicted octanol–water partition coefficient (Wildman–Crippen LogP) is 3.59. The summed E-state index contributed by atoms with van der Waals surface area (Å²) >= 11 is 3.47. The average Bonchev–Trinajstić information content (AvgIpc) is 2.33. The molecule has 4 heteroatoms. The summed E-state index contributed by atoms with van der Waals surface area (Å²) in [4.78, 5) is 2.12. The molecule has 1 aliphatic carbocycles. The zero-order chi connectivity index (χ0) is 13.2. The van der Waals surface area contributed by atoms with Gasteiger partial charge in [-0.15, -0.1) is 0 Å². The number of methoxy groups -OCH3 is 1. The van der Waals surface area contributed by atoms with Crippen molar-refractivity contribution in [2.24, 2.45) is 5.41 Å². The van der Waals surface area contributed by atoms with Gasteiger partial charge in [-0.1, -0.05) is 22.4 Å². The van der Waals surface area contributed by atoms with E-state index in [1.54, 1.807) is 7.11 Å². The van der Waals surface area contributed by atoms with Crippen molar-refractivity contribution in [3.63, 3.8) is 0 Å². The zero-order valence-corrected chi connectivity index (χ0v) is 12.3. The second-order valence-electron chi connectivity index (χ2n) is 4.92. The molecule has 2 rings (SSSR count). The Bertz CT molecular complexity index is 477. The summed E-state index contributed by atoms with van der Waals surface area (Å²) in [5.41, 5.74) is 0.857. The molecule has 0 spiro atoms.